The lowest BCUT2D eigenvalue weighted by molar-refractivity contribution is -0.159. The molecule has 0 bridgehead atoms. The van der Waals surface area contributed by atoms with Gasteiger partial charge in [0.15, 0.2) is 11.5 Å². The molecule has 2 aromatic rings. The summed E-state index contributed by atoms with van der Waals surface area (Å²) in [5.74, 6) is -0.678. The summed E-state index contributed by atoms with van der Waals surface area (Å²) in [5, 5.41) is 18.2. The summed E-state index contributed by atoms with van der Waals surface area (Å²) in [6.07, 6.45) is 0. The van der Waals surface area contributed by atoms with Crippen molar-refractivity contribution in [2.45, 2.75) is 13.1 Å². The fraction of sp³-hybridized carbons (Fsp3) is 0.300. The minimum absolute atomic E-state index is 0.656. The van der Waals surface area contributed by atoms with Crippen LogP contribution >= 0.6 is 0 Å². The third-order valence-electron chi connectivity index (χ3n) is 3.77. The third kappa shape index (κ3) is 7.59. The van der Waals surface area contributed by atoms with Crippen LogP contribution in [0.15, 0.2) is 36.4 Å². The van der Waals surface area contributed by atoms with Crippen LogP contribution < -0.4 is 24.3 Å². The first-order valence-electron chi connectivity index (χ1n) is 8.45. The second kappa shape index (κ2) is 12.1. The Kier molecular flexibility index (Phi) is 9.83. The van der Waals surface area contributed by atoms with E-state index in [1.165, 1.54) is 5.56 Å². The van der Waals surface area contributed by atoms with Gasteiger partial charge < -0.3 is 34.5 Å². The quantitative estimate of drug-likeness (QED) is 0.565. The predicted octanol–water partition coefficient (Wildman–Crippen LogP) is 2.17. The molecule has 3 N–H and O–H groups in total. The number of benzene rings is 2. The summed E-state index contributed by atoms with van der Waals surface area (Å²) in [6, 6.07) is 11.7. The van der Waals surface area contributed by atoms with Gasteiger partial charge >= 0.3 is 11.9 Å². The molecule has 0 aliphatic rings. The Balaban J connectivity index is 0.000000612. The van der Waals surface area contributed by atoms with E-state index in [1.807, 2.05) is 36.4 Å². The van der Waals surface area contributed by atoms with Gasteiger partial charge in [-0.1, -0.05) is 12.1 Å². The Morgan fingerprint density at radius 3 is 1.72 bits per heavy atom. The minimum atomic E-state index is -1.82. The van der Waals surface area contributed by atoms with Crippen molar-refractivity contribution >= 4 is 11.9 Å². The maximum absolute atomic E-state index is 9.10. The van der Waals surface area contributed by atoms with E-state index in [4.69, 9.17) is 38.7 Å². The largest absolute Gasteiger partial charge is 0.497 e. The van der Waals surface area contributed by atoms with E-state index in [1.54, 1.807) is 28.4 Å². The molecule has 0 heterocycles. The molecular formula is C20H25NO8. The van der Waals surface area contributed by atoms with Crippen molar-refractivity contribution < 1.29 is 38.7 Å². The second-order valence-electron chi connectivity index (χ2n) is 5.58. The first-order chi connectivity index (χ1) is 13.9. The van der Waals surface area contributed by atoms with Crippen molar-refractivity contribution in [2.75, 3.05) is 28.4 Å². The molecular weight excluding hydrogens is 382 g/mol. The number of methoxy groups -OCH3 is 4. The highest BCUT2D eigenvalue weighted by Gasteiger charge is 2.11. The lowest BCUT2D eigenvalue weighted by Gasteiger charge is -2.14. The maximum Gasteiger partial charge on any atom is 0.414 e. The Hall–Kier alpha value is -3.46. The van der Waals surface area contributed by atoms with Crippen molar-refractivity contribution in [3.8, 4) is 23.0 Å². The van der Waals surface area contributed by atoms with Gasteiger partial charge in [-0.25, -0.2) is 9.59 Å². The smallest absolute Gasteiger partial charge is 0.414 e. The van der Waals surface area contributed by atoms with E-state index in [0.717, 1.165) is 23.6 Å². The average Bonchev–Trinajstić information content (AvgIpc) is 2.74. The number of aliphatic carboxylic acids is 2. The number of hydrogen-bond acceptors (Lipinski definition) is 7. The van der Waals surface area contributed by atoms with E-state index in [9.17, 15) is 0 Å². The molecule has 158 valence electrons. The zero-order valence-corrected chi connectivity index (χ0v) is 16.7. The van der Waals surface area contributed by atoms with Crippen LogP contribution in [0.25, 0.3) is 0 Å². The molecule has 0 spiro atoms. The lowest BCUT2D eigenvalue weighted by atomic mass is 10.1. The van der Waals surface area contributed by atoms with Crippen LogP contribution in [0.1, 0.15) is 11.1 Å². The van der Waals surface area contributed by atoms with Gasteiger partial charge in [-0.3, -0.25) is 0 Å². The Morgan fingerprint density at radius 2 is 1.28 bits per heavy atom. The summed E-state index contributed by atoms with van der Waals surface area (Å²) in [6.45, 7) is 1.41. The molecule has 0 radical (unpaired) electrons. The van der Waals surface area contributed by atoms with Gasteiger partial charge in [0.05, 0.1) is 28.4 Å². The molecule has 0 aromatic heterocycles. The molecule has 0 saturated heterocycles. The molecule has 0 fully saturated rings. The molecule has 0 amide bonds. The van der Waals surface area contributed by atoms with Crippen molar-refractivity contribution in [1.29, 1.82) is 0 Å². The standard InChI is InChI=1S/C18H23NO4.C2H2O4/c1-20-15-7-5-13(6-8-15)11-19-12-14-9-17(22-3)18(23-4)10-16(14)21-2;3-1(4)2(5)6/h5-10,19H,11-12H2,1-4H3;(H,3,4)(H,5,6). The molecule has 0 atom stereocenters. The number of carboxylic acid groups (broad SMARTS) is 2. The van der Waals surface area contributed by atoms with Crippen LogP contribution in [-0.4, -0.2) is 50.6 Å². The number of carboxylic acids is 2. The summed E-state index contributed by atoms with van der Waals surface area (Å²) >= 11 is 0. The first kappa shape index (κ1) is 23.6. The monoisotopic (exact) mass is 407 g/mol. The van der Waals surface area contributed by atoms with Gasteiger partial charge in [0.25, 0.3) is 0 Å². The topological polar surface area (TPSA) is 124 Å². The molecule has 0 unspecified atom stereocenters. The van der Waals surface area contributed by atoms with Gasteiger partial charge in [-0.2, -0.15) is 0 Å². The predicted molar refractivity (Wildman–Crippen MR) is 105 cm³/mol. The SMILES string of the molecule is COc1ccc(CNCc2cc(OC)c(OC)cc2OC)cc1.O=C(O)C(=O)O. The number of hydrogen-bond donors (Lipinski definition) is 3. The van der Waals surface area contributed by atoms with E-state index in [-0.39, 0.29) is 0 Å². The minimum Gasteiger partial charge on any atom is -0.497 e. The molecule has 9 heteroatoms. The van der Waals surface area contributed by atoms with Crippen molar-refractivity contribution in [3.63, 3.8) is 0 Å². The lowest BCUT2D eigenvalue weighted by Crippen LogP contribution is -2.13. The van der Waals surface area contributed by atoms with Gasteiger partial charge in [0.2, 0.25) is 0 Å². The average molecular weight is 407 g/mol. The zero-order valence-electron chi connectivity index (χ0n) is 16.7. The van der Waals surface area contributed by atoms with E-state index < -0.39 is 11.9 Å². The highest BCUT2D eigenvalue weighted by molar-refractivity contribution is 6.27. The molecule has 29 heavy (non-hydrogen) atoms. The highest BCUT2D eigenvalue weighted by Crippen LogP contribution is 2.34. The van der Waals surface area contributed by atoms with Crippen LogP contribution in [-0.2, 0) is 22.7 Å². The summed E-state index contributed by atoms with van der Waals surface area (Å²) in [5.41, 5.74) is 2.20. The summed E-state index contributed by atoms with van der Waals surface area (Å²) in [7, 11) is 6.54. The molecule has 9 nitrogen and oxygen atoms in total. The van der Waals surface area contributed by atoms with Crippen molar-refractivity contribution in [1.82, 2.24) is 5.32 Å². The zero-order chi connectivity index (χ0) is 21.8. The number of nitrogens with one attached hydrogen (secondary N) is 1. The summed E-state index contributed by atoms with van der Waals surface area (Å²) < 4.78 is 21.2. The van der Waals surface area contributed by atoms with Crippen molar-refractivity contribution in [2.24, 2.45) is 0 Å². The third-order valence-corrected chi connectivity index (χ3v) is 3.77. The van der Waals surface area contributed by atoms with Gasteiger partial charge in [0.1, 0.15) is 11.5 Å². The van der Waals surface area contributed by atoms with E-state index >= 15 is 0 Å². The maximum atomic E-state index is 9.10. The number of rotatable bonds is 8. The molecule has 0 aliphatic carbocycles. The molecule has 0 saturated carbocycles. The molecule has 2 aromatic carbocycles. The summed E-state index contributed by atoms with van der Waals surface area (Å²) in [4.78, 5) is 18.2. The number of carbonyl (C=O) groups is 2. The van der Waals surface area contributed by atoms with Crippen LogP contribution in [0.3, 0.4) is 0 Å². The highest BCUT2D eigenvalue weighted by atomic mass is 16.5. The van der Waals surface area contributed by atoms with Crippen LogP contribution in [0.4, 0.5) is 0 Å². The van der Waals surface area contributed by atoms with Crippen LogP contribution in [0, 0.1) is 0 Å². The van der Waals surface area contributed by atoms with E-state index in [2.05, 4.69) is 5.32 Å². The Bertz CT molecular complexity index is 793. The normalized spacial score (nSPS) is 9.66. The van der Waals surface area contributed by atoms with Crippen LogP contribution in [0.5, 0.6) is 23.0 Å². The van der Waals surface area contributed by atoms with E-state index in [0.29, 0.717) is 18.0 Å². The van der Waals surface area contributed by atoms with Crippen LogP contribution in [0.2, 0.25) is 0 Å². The van der Waals surface area contributed by atoms with Gasteiger partial charge in [-0.05, 0) is 23.8 Å². The van der Waals surface area contributed by atoms with Gasteiger partial charge in [0, 0.05) is 24.7 Å². The van der Waals surface area contributed by atoms with Crippen molar-refractivity contribution in [3.05, 3.63) is 47.5 Å². The Morgan fingerprint density at radius 1 is 0.759 bits per heavy atom. The molecule has 2 rings (SSSR count). The fourth-order valence-electron chi connectivity index (χ4n) is 2.32. The first-order valence-corrected chi connectivity index (χ1v) is 8.45. The van der Waals surface area contributed by atoms with Gasteiger partial charge in [-0.15, -0.1) is 0 Å². The number of ether oxygens (including phenoxy) is 4. The second-order valence-corrected chi connectivity index (χ2v) is 5.58. The fourth-order valence-corrected chi connectivity index (χ4v) is 2.32. The Labute approximate surface area is 168 Å². The molecule has 0 aliphatic heterocycles.